The van der Waals surface area contributed by atoms with E-state index in [-0.39, 0.29) is 19.4 Å². The van der Waals surface area contributed by atoms with Gasteiger partial charge >= 0.3 is 47.6 Å². The van der Waals surface area contributed by atoms with Crippen LogP contribution in [-0.4, -0.2) is 59.3 Å². The average molecular weight is 576 g/mol. The smallest absolute Gasteiger partial charge is 0.396 e. The quantitative estimate of drug-likeness (QED) is 0.144. The van der Waals surface area contributed by atoms with Crippen LogP contribution in [0.25, 0.3) is 0 Å². The van der Waals surface area contributed by atoms with E-state index < -0.39 is 60.5 Å². The Hall–Kier alpha value is -1.23. The van der Waals surface area contributed by atoms with Gasteiger partial charge in [-0.1, -0.05) is 38.5 Å². The molecule has 0 saturated heterocycles. The molecule has 0 spiro atoms. The van der Waals surface area contributed by atoms with Gasteiger partial charge in [-0.05, 0) is 12.8 Å². The largest absolute Gasteiger partial charge is 0.460 e. The Kier molecular flexibility index (Phi) is 10.9. The van der Waals surface area contributed by atoms with Crippen LogP contribution < -0.4 is 0 Å². The topological polar surface area (TPSA) is 20.2 Å². The fourth-order valence-corrected chi connectivity index (χ4v) is 2.87. The van der Waals surface area contributed by atoms with E-state index in [1.54, 1.807) is 0 Å². The van der Waals surface area contributed by atoms with Gasteiger partial charge in [-0.2, -0.15) is 74.6 Å². The number of rotatable bonds is 16. The van der Waals surface area contributed by atoms with Crippen molar-refractivity contribution in [3.05, 3.63) is 0 Å². The van der Waals surface area contributed by atoms with Crippen molar-refractivity contribution in [1.29, 1.82) is 0 Å². The summed E-state index contributed by atoms with van der Waals surface area (Å²) in [5.41, 5.74) is 0. The van der Waals surface area contributed by atoms with Crippen LogP contribution in [0.1, 0.15) is 57.8 Å². The van der Waals surface area contributed by atoms with E-state index in [0.29, 0.717) is 32.1 Å². The minimum atomic E-state index is -8.59. The Balaban J connectivity index is 5.71. The first-order valence-electron chi connectivity index (χ1n) is 10.1. The molecule has 218 valence electrons. The second kappa shape index (κ2) is 11.3. The van der Waals surface area contributed by atoms with Crippen LogP contribution in [-0.2, 0) is 0 Å². The highest BCUT2D eigenvalue weighted by atomic mass is 19.4. The summed E-state index contributed by atoms with van der Waals surface area (Å²) in [6.07, 6.45) is -9.17. The molecule has 0 fully saturated rings. The Morgan fingerprint density at radius 2 is 0.611 bits per heavy atom. The van der Waals surface area contributed by atoms with Gasteiger partial charge in [0, 0.05) is 13.0 Å². The summed E-state index contributed by atoms with van der Waals surface area (Å²) in [5, 5.41) is 8.55. The minimum absolute atomic E-state index is 0.0319. The van der Waals surface area contributed by atoms with E-state index >= 15 is 0 Å². The summed E-state index contributed by atoms with van der Waals surface area (Å²) in [4.78, 5) is 0. The number of alkyl halides is 17. The molecule has 0 bridgehead atoms. The lowest BCUT2D eigenvalue weighted by Crippen LogP contribution is -2.74. The molecule has 1 nitrogen and oxygen atoms in total. The Bertz CT molecular complexity index is 684. The van der Waals surface area contributed by atoms with Crippen molar-refractivity contribution in [2.24, 2.45) is 0 Å². The van der Waals surface area contributed by atoms with Crippen molar-refractivity contribution in [2.45, 2.75) is 105 Å². The molecule has 0 atom stereocenters. The van der Waals surface area contributed by atoms with Gasteiger partial charge in [0.1, 0.15) is 0 Å². The highest BCUT2D eigenvalue weighted by molar-refractivity contribution is 5.15. The van der Waals surface area contributed by atoms with Crippen LogP contribution in [0.5, 0.6) is 0 Å². The van der Waals surface area contributed by atoms with Gasteiger partial charge in [0.25, 0.3) is 0 Å². The fraction of sp³-hybridized carbons (Fsp3) is 1.00. The van der Waals surface area contributed by atoms with Crippen LogP contribution in [0.4, 0.5) is 74.6 Å². The first-order chi connectivity index (χ1) is 15.8. The maximum Gasteiger partial charge on any atom is 0.460 e. The number of hydrogen-bond donors (Lipinski definition) is 1. The van der Waals surface area contributed by atoms with Crippen molar-refractivity contribution >= 4 is 0 Å². The summed E-state index contributed by atoms with van der Waals surface area (Å²) in [5.74, 6) is -55.8. The molecule has 0 radical (unpaired) electrons. The van der Waals surface area contributed by atoms with Crippen molar-refractivity contribution in [3.63, 3.8) is 0 Å². The summed E-state index contributed by atoms with van der Waals surface area (Å²) in [6, 6.07) is 0. The molecule has 0 amide bonds. The molecule has 0 aliphatic rings. The van der Waals surface area contributed by atoms with E-state index in [0.717, 1.165) is 0 Å². The zero-order valence-corrected chi connectivity index (χ0v) is 17.9. The summed E-state index contributed by atoms with van der Waals surface area (Å²) in [7, 11) is 0. The van der Waals surface area contributed by atoms with Crippen LogP contribution in [0.2, 0.25) is 0 Å². The lowest BCUT2D eigenvalue weighted by atomic mass is 9.87. The van der Waals surface area contributed by atoms with Crippen molar-refractivity contribution in [1.82, 2.24) is 0 Å². The predicted molar refractivity (Wildman–Crippen MR) is 89.3 cm³/mol. The van der Waals surface area contributed by atoms with E-state index in [1.807, 2.05) is 0 Å². The molecular formula is C18H21F17O. The maximum atomic E-state index is 13.7. The summed E-state index contributed by atoms with van der Waals surface area (Å²) in [6.45, 7) is -0.0959. The van der Waals surface area contributed by atoms with E-state index in [4.69, 9.17) is 5.11 Å². The molecule has 18 heteroatoms. The summed E-state index contributed by atoms with van der Waals surface area (Å²) >= 11 is 0. The molecular weight excluding hydrogens is 555 g/mol. The molecule has 0 saturated carbocycles. The summed E-state index contributed by atoms with van der Waals surface area (Å²) < 4.78 is 224. The molecule has 0 unspecified atom stereocenters. The SMILES string of the molecule is OCCCCCCCCCCC(F)(F)C(F)(F)C(F)(F)C(F)(F)C(F)(F)C(F)(F)C(F)(F)C(F)(F)F. The van der Waals surface area contributed by atoms with Gasteiger partial charge in [0.05, 0.1) is 0 Å². The lowest BCUT2D eigenvalue weighted by Gasteiger charge is -2.42. The fourth-order valence-electron chi connectivity index (χ4n) is 2.87. The van der Waals surface area contributed by atoms with Crippen LogP contribution in [0.3, 0.4) is 0 Å². The Labute approximate surface area is 193 Å². The number of aliphatic hydroxyl groups is 1. The third kappa shape index (κ3) is 6.08. The average Bonchev–Trinajstić information content (AvgIpc) is 2.70. The monoisotopic (exact) mass is 576 g/mol. The van der Waals surface area contributed by atoms with Gasteiger partial charge in [-0.25, -0.2) is 0 Å². The van der Waals surface area contributed by atoms with Gasteiger partial charge < -0.3 is 5.11 Å². The highest BCUT2D eigenvalue weighted by Gasteiger charge is 2.95. The van der Waals surface area contributed by atoms with Crippen LogP contribution in [0, 0.1) is 0 Å². The third-order valence-corrected chi connectivity index (χ3v) is 5.19. The number of halogens is 17. The maximum absolute atomic E-state index is 13.7. The molecule has 0 rings (SSSR count). The van der Waals surface area contributed by atoms with E-state index in [2.05, 4.69) is 0 Å². The van der Waals surface area contributed by atoms with Crippen molar-refractivity contribution < 1.29 is 79.7 Å². The molecule has 0 aromatic heterocycles. The van der Waals surface area contributed by atoms with Crippen LogP contribution >= 0.6 is 0 Å². The second-order valence-corrected chi connectivity index (χ2v) is 7.95. The highest BCUT2D eigenvalue weighted by Crippen LogP contribution is 2.64. The number of unbranched alkanes of at least 4 members (excludes halogenated alkanes) is 7. The van der Waals surface area contributed by atoms with E-state index in [9.17, 15) is 74.6 Å². The third-order valence-electron chi connectivity index (χ3n) is 5.19. The van der Waals surface area contributed by atoms with Crippen molar-refractivity contribution in [3.8, 4) is 0 Å². The molecule has 0 aromatic carbocycles. The lowest BCUT2D eigenvalue weighted by molar-refractivity contribution is -0.461. The Morgan fingerprint density at radius 3 is 0.944 bits per heavy atom. The number of aliphatic hydroxyl groups excluding tert-OH is 1. The van der Waals surface area contributed by atoms with Crippen molar-refractivity contribution in [2.75, 3.05) is 6.61 Å². The van der Waals surface area contributed by atoms with Gasteiger partial charge in [-0.3, -0.25) is 0 Å². The Morgan fingerprint density at radius 1 is 0.333 bits per heavy atom. The first kappa shape index (κ1) is 34.8. The van der Waals surface area contributed by atoms with Crippen LogP contribution in [0.15, 0.2) is 0 Å². The second-order valence-electron chi connectivity index (χ2n) is 7.95. The molecule has 0 aliphatic heterocycles. The van der Waals surface area contributed by atoms with Gasteiger partial charge in [0.15, 0.2) is 0 Å². The van der Waals surface area contributed by atoms with Gasteiger partial charge in [0.2, 0.25) is 0 Å². The minimum Gasteiger partial charge on any atom is -0.396 e. The molecule has 1 N–H and O–H groups in total. The predicted octanol–water partition coefficient (Wildman–Crippen LogP) is 8.50. The zero-order chi connectivity index (χ0) is 29.1. The zero-order valence-electron chi connectivity index (χ0n) is 17.9. The molecule has 36 heavy (non-hydrogen) atoms. The normalized spacial score (nSPS) is 15.5. The van der Waals surface area contributed by atoms with E-state index in [1.165, 1.54) is 0 Å². The standard InChI is InChI=1S/C18H21F17O/c19-11(20,9-7-5-3-1-2-4-6-8-10-36)12(21,22)13(23,24)14(25,26)15(27,28)16(29,30)17(31,32)18(33,34)35/h36H,1-10H2. The molecule has 0 aliphatic carbocycles. The van der Waals surface area contributed by atoms with Gasteiger partial charge in [-0.15, -0.1) is 0 Å². The number of hydrogen-bond acceptors (Lipinski definition) is 1. The molecule has 0 heterocycles. The first-order valence-corrected chi connectivity index (χ1v) is 10.1. The molecule has 0 aromatic rings.